The van der Waals surface area contributed by atoms with E-state index in [1.807, 2.05) is 17.7 Å². The van der Waals surface area contributed by atoms with E-state index in [2.05, 4.69) is 10.2 Å². The molecule has 0 aliphatic carbocycles. The minimum absolute atomic E-state index is 0.0457. The molecule has 174 valence electrons. The predicted molar refractivity (Wildman–Crippen MR) is 121 cm³/mol. The van der Waals surface area contributed by atoms with Crippen LogP contribution >= 0.6 is 0 Å². The zero-order valence-electron chi connectivity index (χ0n) is 18.8. The van der Waals surface area contributed by atoms with E-state index >= 15 is 0 Å². The summed E-state index contributed by atoms with van der Waals surface area (Å²) < 4.78 is 28.9. The summed E-state index contributed by atoms with van der Waals surface area (Å²) in [5, 5.41) is 2.50. The standard InChI is InChI=1S/C23H26F2N6O2/c1-28(2)22(32)15-4-7-20-19(12-15)26-21(29(20)3)14-30-8-10-31(11-9-30)23(33)27-18-6-5-16(24)13-17(18)25/h4-7,12-13H,8-11,14H2,1-3H3,(H,27,33). The number of rotatable bonds is 4. The zero-order chi connectivity index (χ0) is 23.7. The summed E-state index contributed by atoms with van der Waals surface area (Å²) in [5.74, 6) is -0.703. The number of nitrogens with one attached hydrogen (secondary N) is 1. The van der Waals surface area contributed by atoms with Crippen LogP contribution in [-0.4, -0.2) is 76.5 Å². The number of piperazine rings is 1. The van der Waals surface area contributed by atoms with Crippen LogP contribution in [0, 0.1) is 11.6 Å². The highest BCUT2D eigenvalue weighted by molar-refractivity contribution is 5.97. The third kappa shape index (κ3) is 4.80. The minimum atomic E-state index is -0.806. The molecular formula is C23H26F2N6O2. The van der Waals surface area contributed by atoms with E-state index in [0.29, 0.717) is 38.3 Å². The molecule has 3 amide bonds. The molecule has 0 atom stereocenters. The first kappa shape index (κ1) is 22.7. The van der Waals surface area contributed by atoms with Crippen LogP contribution in [0.15, 0.2) is 36.4 Å². The fraction of sp³-hybridized carbons (Fsp3) is 0.348. The van der Waals surface area contributed by atoms with Gasteiger partial charge in [-0.1, -0.05) is 0 Å². The summed E-state index contributed by atoms with van der Waals surface area (Å²) in [5.41, 5.74) is 2.25. The van der Waals surface area contributed by atoms with Gasteiger partial charge in [-0.3, -0.25) is 9.69 Å². The average molecular weight is 456 g/mol. The lowest BCUT2D eigenvalue weighted by Crippen LogP contribution is -2.49. The highest BCUT2D eigenvalue weighted by atomic mass is 19.1. The Morgan fingerprint density at radius 2 is 1.79 bits per heavy atom. The SMILES string of the molecule is CN(C)C(=O)c1ccc2c(c1)nc(CN1CCN(C(=O)Nc3ccc(F)cc3F)CC1)n2C. The number of nitrogens with zero attached hydrogens (tertiary/aromatic N) is 5. The van der Waals surface area contributed by atoms with Crippen molar-refractivity contribution < 1.29 is 18.4 Å². The fourth-order valence-electron chi connectivity index (χ4n) is 3.88. The number of fused-ring (bicyclic) bond motifs is 1. The summed E-state index contributed by atoms with van der Waals surface area (Å²) in [4.78, 5) is 34.8. The number of hydrogen-bond donors (Lipinski definition) is 1. The Morgan fingerprint density at radius 3 is 2.45 bits per heavy atom. The summed E-state index contributed by atoms with van der Waals surface area (Å²) >= 11 is 0. The zero-order valence-corrected chi connectivity index (χ0v) is 18.8. The summed E-state index contributed by atoms with van der Waals surface area (Å²) in [6.45, 7) is 2.81. The van der Waals surface area contributed by atoms with E-state index in [1.165, 1.54) is 11.0 Å². The van der Waals surface area contributed by atoms with Crippen molar-refractivity contribution in [3.8, 4) is 0 Å². The van der Waals surface area contributed by atoms with Crippen LogP contribution in [0.5, 0.6) is 0 Å². The van der Waals surface area contributed by atoms with Gasteiger partial charge in [0.2, 0.25) is 0 Å². The number of imidazole rings is 1. The van der Waals surface area contributed by atoms with E-state index in [4.69, 9.17) is 4.98 Å². The molecule has 1 N–H and O–H groups in total. The minimum Gasteiger partial charge on any atom is -0.345 e. The molecule has 33 heavy (non-hydrogen) atoms. The van der Waals surface area contributed by atoms with Crippen molar-refractivity contribution in [1.82, 2.24) is 24.3 Å². The van der Waals surface area contributed by atoms with Crippen LogP contribution in [0.3, 0.4) is 0 Å². The lowest BCUT2D eigenvalue weighted by molar-refractivity contribution is 0.0827. The van der Waals surface area contributed by atoms with Crippen LogP contribution in [-0.2, 0) is 13.6 Å². The molecule has 0 bridgehead atoms. The molecule has 1 fully saturated rings. The number of halogens is 2. The Kier molecular flexibility index (Phi) is 6.28. The number of carbonyl (C=O) groups excluding carboxylic acids is 2. The van der Waals surface area contributed by atoms with E-state index in [0.717, 1.165) is 29.0 Å². The van der Waals surface area contributed by atoms with Crippen LogP contribution < -0.4 is 5.32 Å². The fourth-order valence-corrected chi connectivity index (χ4v) is 3.88. The smallest absolute Gasteiger partial charge is 0.322 e. The van der Waals surface area contributed by atoms with E-state index in [1.54, 1.807) is 31.1 Å². The normalized spacial score (nSPS) is 14.5. The second kappa shape index (κ2) is 9.14. The van der Waals surface area contributed by atoms with Gasteiger partial charge in [0, 0.05) is 59.0 Å². The first-order valence-electron chi connectivity index (χ1n) is 10.6. The molecule has 8 nitrogen and oxygen atoms in total. The molecule has 1 aromatic heterocycles. The first-order valence-corrected chi connectivity index (χ1v) is 10.6. The van der Waals surface area contributed by atoms with Gasteiger partial charge in [-0.05, 0) is 30.3 Å². The van der Waals surface area contributed by atoms with Crippen molar-refractivity contribution in [2.24, 2.45) is 7.05 Å². The molecule has 1 saturated heterocycles. The van der Waals surface area contributed by atoms with Crippen molar-refractivity contribution in [1.29, 1.82) is 0 Å². The highest BCUT2D eigenvalue weighted by Crippen LogP contribution is 2.20. The van der Waals surface area contributed by atoms with Crippen molar-refractivity contribution in [3.63, 3.8) is 0 Å². The van der Waals surface area contributed by atoms with Crippen molar-refractivity contribution in [3.05, 3.63) is 59.4 Å². The van der Waals surface area contributed by atoms with Crippen molar-refractivity contribution >= 4 is 28.7 Å². The van der Waals surface area contributed by atoms with Gasteiger partial charge in [0.25, 0.3) is 5.91 Å². The second-order valence-corrected chi connectivity index (χ2v) is 8.31. The van der Waals surface area contributed by atoms with Gasteiger partial charge in [-0.2, -0.15) is 0 Å². The third-order valence-electron chi connectivity index (χ3n) is 5.82. The Balaban J connectivity index is 1.38. The number of amides is 3. The van der Waals surface area contributed by atoms with Crippen molar-refractivity contribution in [2.75, 3.05) is 45.6 Å². The van der Waals surface area contributed by atoms with Crippen molar-refractivity contribution in [2.45, 2.75) is 6.54 Å². The predicted octanol–water partition coefficient (Wildman–Crippen LogP) is 2.90. The molecule has 3 aromatic rings. The summed E-state index contributed by atoms with van der Waals surface area (Å²) in [7, 11) is 5.37. The van der Waals surface area contributed by atoms with Crippen LogP contribution in [0.25, 0.3) is 11.0 Å². The molecule has 0 saturated carbocycles. The quantitative estimate of drug-likeness (QED) is 0.655. The molecule has 10 heteroatoms. The maximum atomic E-state index is 13.8. The van der Waals surface area contributed by atoms with E-state index < -0.39 is 17.7 Å². The Morgan fingerprint density at radius 1 is 1.06 bits per heavy atom. The summed E-state index contributed by atoms with van der Waals surface area (Å²) in [6, 6.07) is 8.15. The largest absolute Gasteiger partial charge is 0.345 e. The van der Waals surface area contributed by atoms with Crippen LogP contribution in [0.1, 0.15) is 16.2 Å². The van der Waals surface area contributed by atoms with Gasteiger partial charge < -0.3 is 19.7 Å². The van der Waals surface area contributed by atoms with E-state index in [9.17, 15) is 18.4 Å². The molecular weight excluding hydrogens is 430 g/mol. The number of urea groups is 1. The molecule has 4 rings (SSSR count). The molecule has 0 spiro atoms. The number of aromatic nitrogens is 2. The highest BCUT2D eigenvalue weighted by Gasteiger charge is 2.23. The lowest BCUT2D eigenvalue weighted by Gasteiger charge is -2.34. The van der Waals surface area contributed by atoms with Gasteiger partial charge in [0.15, 0.2) is 0 Å². The molecule has 0 radical (unpaired) electrons. The van der Waals surface area contributed by atoms with Crippen LogP contribution in [0.2, 0.25) is 0 Å². The number of benzene rings is 2. The topological polar surface area (TPSA) is 73.7 Å². The monoisotopic (exact) mass is 456 g/mol. The molecule has 2 aromatic carbocycles. The lowest BCUT2D eigenvalue weighted by atomic mass is 10.2. The number of anilines is 1. The number of carbonyl (C=O) groups is 2. The third-order valence-corrected chi connectivity index (χ3v) is 5.82. The summed E-state index contributed by atoms with van der Waals surface area (Å²) in [6.07, 6.45) is 0. The van der Waals surface area contributed by atoms with E-state index in [-0.39, 0.29) is 11.6 Å². The number of hydrogen-bond acceptors (Lipinski definition) is 4. The van der Waals surface area contributed by atoms with Gasteiger partial charge in [0.05, 0.1) is 23.3 Å². The van der Waals surface area contributed by atoms with Gasteiger partial charge in [0.1, 0.15) is 17.5 Å². The molecule has 2 heterocycles. The first-order chi connectivity index (χ1) is 15.7. The Bertz CT molecular complexity index is 1200. The maximum absolute atomic E-state index is 13.8. The number of aryl methyl sites for hydroxylation is 1. The van der Waals surface area contributed by atoms with Gasteiger partial charge >= 0.3 is 6.03 Å². The van der Waals surface area contributed by atoms with Gasteiger partial charge in [-0.25, -0.2) is 18.6 Å². The van der Waals surface area contributed by atoms with Crippen LogP contribution in [0.4, 0.5) is 19.3 Å². The average Bonchev–Trinajstić information content (AvgIpc) is 3.10. The Labute approximate surface area is 190 Å². The second-order valence-electron chi connectivity index (χ2n) is 8.31. The molecule has 1 aliphatic heterocycles. The molecule has 1 aliphatic rings. The molecule has 0 unspecified atom stereocenters. The Hall–Kier alpha value is -3.53. The van der Waals surface area contributed by atoms with Gasteiger partial charge in [-0.15, -0.1) is 0 Å². The maximum Gasteiger partial charge on any atom is 0.322 e.